The fourth-order valence-corrected chi connectivity index (χ4v) is 2.40. The Morgan fingerprint density at radius 3 is 2.28 bits per heavy atom. The molecule has 0 unspecified atom stereocenters. The minimum absolute atomic E-state index is 0.0283. The molecule has 0 atom stereocenters. The lowest BCUT2D eigenvalue weighted by Gasteiger charge is -2.21. The van der Waals surface area contributed by atoms with Crippen LogP contribution in [0.1, 0.15) is 29.8 Å². The monoisotopic (exact) mass is 346 g/mol. The topological polar surface area (TPSA) is 49.4 Å². The van der Waals surface area contributed by atoms with Gasteiger partial charge in [-0.25, -0.2) is 8.78 Å². The molecule has 0 radical (unpaired) electrons. The van der Waals surface area contributed by atoms with E-state index in [4.69, 9.17) is 0 Å². The highest BCUT2D eigenvalue weighted by Crippen LogP contribution is 2.15. The number of benzene rings is 2. The Morgan fingerprint density at radius 1 is 1.04 bits per heavy atom. The molecule has 0 bridgehead atoms. The SMILES string of the molecule is CCc1ccc(N(CCNC(=O)c2ccc(F)c(F)c2)C(C)=O)cc1. The molecule has 0 aliphatic carbocycles. The van der Waals surface area contributed by atoms with Gasteiger partial charge in [0.1, 0.15) is 0 Å². The molecule has 6 heteroatoms. The van der Waals surface area contributed by atoms with Crippen molar-refractivity contribution in [3.8, 4) is 0 Å². The summed E-state index contributed by atoms with van der Waals surface area (Å²) in [5.41, 5.74) is 1.94. The summed E-state index contributed by atoms with van der Waals surface area (Å²) in [6.07, 6.45) is 0.907. The molecule has 132 valence electrons. The van der Waals surface area contributed by atoms with Gasteiger partial charge in [-0.15, -0.1) is 0 Å². The average Bonchev–Trinajstić information content (AvgIpc) is 2.60. The van der Waals surface area contributed by atoms with E-state index in [1.165, 1.54) is 18.6 Å². The fraction of sp³-hybridized carbons (Fsp3) is 0.263. The normalized spacial score (nSPS) is 10.4. The molecule has 0 saturated carbocycles. The van der Waals surface area contributed by atoms with Crippen molar-refractivity contribution < 1.29 is 18.4 Å². The van der Waals surface area contributed by atoms with Crippen LogP contribution in [-0.2, 0) is 11.2 Å². The van der Waals surface area contributed by atoms with Crippen molar-refractivity contribution in [2.75, 3.05) is 18.0 Å². The van der Waals surface area contributed by atoms with Crippen LogP contribution in [0.25, 0.3) is 0 Å². The average molecular weight is 346 g/mol. The van der Waals surface area contributed by atoms with Crippen LogP contribution in [0.4, 0.5) is 14.5 Å². The summed E-state index contributed by atoms with van der Waals surface area (Å²) in [6.45, 7) is 3.96. The van der Waals surface area contributed by atoms with Crippen molar-refractivity contribution in [2.24, 2.45) is 0 Å². The second kappa shape index (κ2) is 8.37. The molecule has 2 rings (SSSR count). The van der Waals surface area contributed by atoms with E-state index >= 15 is 0 Å². The Bertz CT molecular complexity index is 761. The van der Waals surface area contributed by atoms with Gasteiger partial charge < -0.3 is 10.2 Å². The highest BCUT2D eigenvalue weighted by molar-refractivity contribution is 5.94. The maximum Gasteiger partial charge on any atom is 0.251 e. The minimum atomic E-state index is -1.07. The molecule has 0 fully saturated rings. The summed E-state index contributed by atoms with van der Waals surface area (Å²) in [4.78, 5) is 25.4. The molecule has 2 aromatic carbocycles. The van der Waals surface area contributed by atoms with Gasteiger partial charge >= 0.3 is 0 Å². The molecule has 25 heavy (non-hydrogen) atoms. The molecule has 2 amide bonds. The first kappa shape index (κ1) is 18.6. The summed E-state index contributed by atoms with van der Waals surface area (Å²) in [7, 11) is 0. The number of hydrogen-bond donors (Lipinski definition) is 1. The molecular formula is C19H20F2N2O2. The number of halogens is 2. The minimum Gasteiger partial charge on any atom is -0.350 e. The molecule has 2 aromatic rings. The van der Waals surface area contributed by atoms with Crippen molar-refractivity contribution in [1.29, 1.82) is 0 Å². The molecule has 1 N–H and O–H groups in total. The summed E-state index contributed by atoms with van der Waals surface area (Å²) >= 11 is 0. The Morgan fingerprint density at radius 2 is 1.72 bits per heavy atom. The summed E-state index contributed by atoms with van der Waals surface area (Å²) in [6, 6.07) is 10.6. The molecule has 4 nitrogen and oxygen atoms in total. The zero-order valence-corrected chi connectivity index (χ0v) is 14.2. The van der Waals surface area contributed by atoms with E-state index in [0.717, 1.165) is 24.2 Å². The molecule has 0 aliphatic heterocycles. The quantitative estimate of drug-likeness (QED) is 0.872. The predicted octanol–water partition coefficient (Wildman–Crippen LogP) is 3.31. The smallest absolute Gasteiger partial charge is 0.251 e. The Kier molecular flexibility index (Phi) is 6.22. The summed E-state index contributed by atoms with van der Waals surface area (Å²) in [5, 5.41) is 2.60. The lowest BCUT2D eigenvalue weighted by molar-refractivity contribution is -0.116. The van der Waals surface area contributed by atoms with E-state index in [1.54, 1.807) is 4.90 Å². The first-order chi connectivity index (χ1) is 11.9. The predicted molar refractivity (Wildman–Crippen MR) is 92.5 cm³/mol. The van der Waals surface area contributed by atoms with Gasteiger partial charge in [0.25, 0.3) is 5.91 Å². The number of anilines is 1. The lowest BCUT2D eigenvalue weighted by atomic mass is 10.1. The van der Waals surface area contributed by atoms with Gasteiger partial charge in [0, 0.05) is 31.3 Å². The number of carbonyl (C=O) groups excluding carboxylic acids is 2. The third kappa shape index (κ3) is 4.86. The Balaban J connectivity index is 1.97. The van der Waals surface area contributed by atoms with Gasteiger partial charge in [-0.2, -0.15) is 0 Å². The third-order valence-electron chi connectivity index (χ3n) is 3.84. The fourth-order valence-electron chi connectivity index (χ4n) is 2.40. The van der Waals surface area contributed by atoms with Crippen LogP contribution in [0.5, 0.6) is 0 Å². The van der Waals surface area contributed by atoms with Crippen molar-refractivity contribution >= 4 is 17.5 Å². The maximum absolute atomic E-state index is 13.2. The van der Waals surface area contributed by atoms with Gasteiger partial charge in [-0.1, -0.05) is 19.1 Å². The summed E-state index contributed by atoms with van der Waals surface area (Å²) < 4.78 is 26.1. The third-order valence-corrected chi connectivity index (χ3v) is 3.84. The van der Waals surface area contributed by atoms with Crippen molar-refractivity contribution in [3.63, 3.8) is 0 Å². The van der Waals surface area contributed by atoms with Crippen molar-refractivity contribution in [1.82, 2.24) is 5.32 Å². The lowest BCUT2D eigenvalue weighted by Crippen LogP contribution is -2.37. The molecule has 0 heterocycles. The van der Waals surface area contributed by atoms with Gasteiger partial charge in [0.15, 0.2) is 11.6 Å². The van der Waals surface area contributed by atoms with Crippen LogP contribution >= 0.6 is 0 Å². The van der Waals surface area contributed by atoms with Crippen LogP contribution in [0.15, 0.2) is 42.5 Å². The van der Waals surface area contributed by atoms with Crippen LogP contribution < -0.4 is 10.2 Å². The van der Waals surface area contributed by atoms with Crippen molar-refractivity contribution in [2.45, 2.75) is 20.3 Å². The van der Waals surface area contributed by atoms with Gasteiger partial charge in [-0.3, -0.25) is 9.59 Å². The second-order valence-corrected chi connectivity index (χ2v) is 5.58. The van der Waals surface area contributed by atoms with Crippen LogP contribution in [0.2, 0.25) is 0 Å². The number of hydrogen-bond acceptors (Lipinski definition) is 2. The zero-order chi connectivity index (χ0) is 18.4. The Hall–Kier alpha value is -2.76. The highest BCUT2D eigenvalue weighted by Gasteiger charge is 2.13. The van der Waals surface area contributed by atoms with Gasteiger partial charge in [-0.05, 0) is 42.3 Å². The summed E-state index contributed by atoms with van der Waals surface area (Å²) in [5.74, 6) is -2.75. The number of rotatable bonds is 6. The highest BCUT2D eigenvalue weighted by atomic mass is 19.2. The number of nitrogens with zero attached hydrogens (tertiary/aromatic N) is 1. The van der Waals surface area contributed by atoms with E-state index in [2.05, 4.69) is 5.32 Å². The molecule has 0 aromatic heterocycles. The Labute approximate surface area is 145 Å². The van der Waals surface area contributed by atoms with E-state index in [1.807, 2.05) is 31.2 Å². The number of nitrogens with one attached hydrogen (secondary N) is 1. The molecular weight excluding hydrogens is 326 g/mol. The zero-order valence-electron chi connectivity index (χ0n) is 14.2. The van der Waals surface area contributed by atoms with Gasteiger partial charge in [0.2, 0.25) is 5.91 Å². The largest absolute Gasteiger partial charge is 0.350 e. The van der Waals surface area contributed by atoms with Crippen LogP contribution in [0, 0.1) is 11.6 Å². The standard InChI is InChI=1S/C19H20F2N2O2/c1-3-14-4-7-16(8-5-14)23(13(2)24)11-10-22-19(25)15-6-9-17(20)18(21)12-15/h4-9,12H,3,10-11H2,1-2H3,(H,22,25). The van der Waals surface area contributed by atoms with Crippen LogP contribution in [0.3, 0.4) is 0 Å². The maximum atomic E-state index is 13.2. The molecule has 0 aliphatic rings. The van der Waals surface area contributed by atoms with E-state index in [9.17, 15) is 18.4 Å². The second-order valence-electron chi connectivity index (χ2n) is 5.58. The molecule has 0 spiro atoms. The first-order valence-corrected chi connectivity index (χ1v) is 8.02. The number of carbonyl (C=O) groups is 2. The molecule has 0 saturated heterocycles. The van der Waals surface area contributed by atoms with E-state index in [-0.39, 0.29) is 24.6 Å². The number of amides is 2. The van der Waals surface area contributed by atoms with E-state index in [0.29, 0.717) is 0 Å². The van der Waals surface area contributed by atoms with Crippen molar-refractivity contribution in [3.05, 3.63) is 65.2 Å². The van der Waals surface area contributed by atoms with Crippen LogP contribution in [-0.4, -0.2) is 24.9 Å². The number of aryl methyl sites for hydroxylation is 1. The van der Waals surface area contributed by atoms with E-state index < -0.39 is 17.5 Å². The first-order valence-electron chi connectivity index (χ1n) is 8.02. The van der Waals surface area contributed by atoms with Gasteiger partial charge in [0.05, 0.1) is 0 Å².